The van der Waals surface area contributed by atoms with E-state index in [9.17, 15) is 9.59 Å². The maximum atomic E-state index is 13.0. The fourth-order valence-electron chi connectivity index (χ4n) is 3.39. The molecule has 1 aromatic heterocycles. The van der Waals surface area contributed by atoms with Crippen molar-refractivity contribution in [2.45, 2.75) is 32.7 Å². The second kappa shape index (κ2) is 9.06. The Morgan fingerprint density at radius 1 is 1.33 bits per heavy atom. The van der Waals surface area contributed by atoms with Crippen LogP contribution in [-0.2, 0) is 0 Å². The van der Waals surface area contributed by atoms with Gasteiger partial charge in [0.1, 0.15) is 0 Å². The van der Waals surface area contributed by atoms with Crippen molar-refractivity contribution < 1.29 is 14.0 Å². The summed E-state index contributed by atoms with van der Waals surface area (Å²) in [4.78, 5) is 27.1. The molecular weight excluding hydrogens is 366 g/mol. The summed E-state index contributed by atoms with van der Waals surface area (Å²) < 4.78 is 5.12. The highest BCUT2D eigenvalue weighted by atomic mass is 35.5. The molecule has 0 radical (unpaired) electrons. The standard InChI is InChI=1S/C20H25N3O3.ClH/c1-13-7-8-23(16(10-13)12-21)20(25)15-6-5-14(2)17(11-15)22-19(24)18-4-3-9-26-18;/h3-6,9,11,13,16H,7-8,10,12,21H2,1-2H3,(H,22,24);1H. The van der Waals surface area contributed by atoms with Gasteiger partial charge in [0.2, 0.25) is 0 Å². The number of carbonyl (C=O) groups is 2. The number of piperidine rings is 1. The molecule has 3 rings (SSSR count). The number of halogens is 1. The number of hydrogen-bond acceptors (Lipinski definition) is 4. The Bertz CT molecular complexity index is 792. The predicted molar refractivity (Wildman–Crippen MR) is 107 cm³/mol. The molecule has 0 spiro atoms. The van der Waals surface area contributed by atoms with Crippen molar-refractivity contribution in [1.29, 1.82) is 0 Å². The highest BCUT2D eigenvalue weighted by molar-refractivity contribution is 6.04. The molecule has 1 aliphatic rings. The van der Waals surface area contributed by atoms with Crippen molar-refractivity contribution in [2.24, 2.45) is 11.7 Å². The van der Waals surface area contributed by atoms with E-state index in [0.29, 0.717) is 30.3 Å². The van der Waals surface area contributed by atoms with Crippen molar-refractivity contribution in [1.82, 2.24) is 4.90 Å². The van der Waals surface area contributed by atoms with E-state index < -0.39 is 0 Å². The van der Waals surface area contributed by atoms with Gasteiger partial charge in [-0.05, 0) is 55.5 Å². The van der Waals surface area contributed by atoms with Gasteiger partial charge in [-0.25, -0.2) is 0 Å². The number of aryl methyl sites for hydroxylation is 1. The van der Waals surface area contributed by atoms with Crippen LogP contribution in [0.5, 0.6) is 0 Å². The zero-order chi connectivity index (χ0) is 18.7. The molecule has 0 saturated carbocycles. The summed E-state index contributed by atoms with van der Waals surface area (Å²) in [5, 5.41) is 2.81. The third kappa shape index (κ3) is 4.70. The van der Waals surface area contributed by atoms with Crippen molar-refractivity contribution in [3.8, 4) is 0 Å². The first-order chi connectivity index (χ1) is 12.5. The van der Waals surface area contributed by atoms with Crippen molar-refractivity contribution in [2.75, 3.05) is 18.4 Å². The van der Waals surface area contributed by atoms with Gasteiger partial charge >= 0.3 is 0 Å². The van der Waals surface area contributed by atoms with Gasteiger partial charge in [-0.1, -0.05) is 13.0 Å². The highest BCUT2D eigenvalue weighted by Crippen LogP contribution is 2.25. The number of nitrogens with zero attached hydrogens (tertiary/aromatic N) is 1. The maximum Gasteiger partial charge on any atom is 0.291 e. The highest BCUT2D eigenvalue weighted by Gasteiger charge is 2.29. The van der Waals surface area contributed by atoms with Gasteiger partial charge in [-0.15, -0.1) is 12.4 Å². The van der Waals surface area contributed by atoms with Crippen molar-refractivity contribution >= 4 is 29.9 Å². The van der Waals surface area contributed by atoms with E-state index in [1.165, 1.54) is 6.26 Å². The molecule has 2 amide bonds. The minimum Gasteiger partial charge on any atom is -0.459 e. The van der Waals surface area contributed by atoms with Crippen LogP contribution in [0.4, 0.5) is 5.69 Å². The number of carbonyl (C=O) groups excluding carboxylic acids is 2. The normalized spacial score (nSPS) is 19.3. The van der Waals surface area contributed by atoms with Crippen LogP contribution >= 0.6 is 12.4 Å². The number of nitrogens with two attached hydrogens (primary N) is 1. The lowest BCUT2D eigenvalue weighted by Crippen LogP contribution is -2.49. The van der Waals surface area contributed by atoms with E-state index in [0.717, 1.165) is 18.4 Å². The summed E-state index contributed by atoms with van der Waals surface area (Å²) in [6, 6.07) is 8.69. The Kier molecular flexibility index (Phi) is 7.05. The molecule has 1 saturated heterocycles. The SMILES string of the molecule is Cc1ccc(C(=O)N2CCC(C)CC2CN)cc1NC(=O)c1ccco1.Cl. The van der Waals surface area contributed by atoms with E-state index in [1.807, 2.05) is 17.9 Å². The lowest BCUT2D eigenvalue weighted by molar-refractivity contribution is 0.0573. The molecule has 146 valence electrons. The molecule has 1 aromatic carbocycles. The molecule has 7 heteroatoms. The summed E-state index contributed by atoms with van der Waals surface area (Å²) in [5.41, 5.74) is 7.92. The van der Waals surface area contributed by atoms with Crippen molar-refractivity contribution in [3.05, 3.63) is 53.5 Å². The van der Waals surface area contributed by atoms with Gasteiger partial charge in [0.25, 0.3) is 11.8 Å². The lowest BCUT2D eigenvalue weighted by atomic mass is 9.91. The molecule has 6 nitrogen and oxygen atoms in total. The Labute approximate surface area is 165 Å². The number of anilines is 1. The average molecular weight is 392 g/mol. The van der Waals surface area contributed by atoms with Gasteiger partial charge in [0.05, 0.1) is 6.26 Å². The van der Waals surface area contributed by atoms with Crippen LogP contribution in [0, 0.1) is 12.8 Å². The van der Waals surface area contributed by atoms with Crippen LogP contribution in [0.1, 0.15) is 46.2 Å². The van der Waals surface area contributed by atoms with Crippen LogP contribution in [0.2, 0.25) is 0 Å². The van der Waals surface area contributed by atoms with E-state index in [2.05, 4.69) is 12.2 Å². The number of hydrogen-bond donors (Lipinski definition) is 2. The zero-order valence-corrected chi connectivity index (χ0v) is 16.4. The molecule has 0 aliphatic carbocycles. The Hall–Kier alpha value is -2.31. The number of rotatable bonds is 4. The molecule has 2 heterocycles. The molecule has 2 aromatic rings. The molecule has 2 unspecified atom stereocenters. The molecule has 3 N–H and O–H groups in total. The molecule has 27 heavy (non-hydrogen) atoms. The summed E-state index contributed by atoms with van der Waals surface area (Å²) >= 11 is 0. The average Bonchev–Trinajstić information content (AvgIpc) is 3.17. The van der Waals surface area contributed by atoms with Gasteiger partial charge < -0.3 is 20.4 Å². The van der Waals surface area contributed by atoms with Crippen LogP contribution in [-0.4, -0.2) is 35.8 Å². The lowest BCUT2D eigenvalue weighted by Gasteiger charge is -2.38. The van der Waals surface area contributed by atoms with Crippen LogP contribution < -0.4 is 11.1 Å². The minimum atomic E-state index is -0.339. The Balaban J connectivity index is 0.00000261. The topological polar surface area (TPSA) is 88.6 Å². The van der Waals surface area contributed by atoms with Crippen molar-refractivity contribution in [3.63, 3.8) is 0 Å². The summed E-state index contributed by atoms with van der Waals surface area (Å²) in [6.07, 6.45) is 3.36. The molecule has 2 atom stereocenters. The molecular formula is C20H26ClN3O3. The van der Waals surface area contributed by atoms with E-state index in [1.54, 1.807) is 24.3 Å². The van der Waals surface area contributed by atoms with Crippen LogP contribution in [0.3, 0.4) is 0 Å². The van der Waals surface area contributed by atoms with Gasteiger partial charge in [-0.3, -0.25) is 9.59 Å². The largest absolute Gasteiger partial charge is 0.459 e. The number of likely N-dealkylation sites (tertiary alicyclic amines) is 1. The fourth-order valence-corrected chi connectivity index (χ4v) is 3.39. The fraction of sp³-hybridized carbons (Fsp3) is 0.400. The number of furan rings is 1. The second-order valence-electron chi connectivity index (χ2n) is 6.98. The molecule has 1 aliphatic heterocycles. The van der Waals surface area contributed by atoms with Gasteiger partial charge in [0, 0.05) is 30.4 Å². The van der Waals surface area contributed by atoms with Gasteiger partial charge in [-0.2, -0.15) is 0 Å². The number of nitrogens with one attached hydrogen (secondary N) is 1. The second-order valence-corrected chi connectivity index (χ2v) is 6.98. The first-order valence-corrected chi connectivity index (χ1v) is 8.96. The minimum absolute atomic E-state index is 0. The first kappa shape index (κ1) is 21.0. The van der Waals surface area contributed by atoms with Crippen LogP contribution in [0.25, 0.3) is 0 Å². The first-order valence-electron chi connectivity index (χ1n) is 8.96. The smallest absolute Gasteiger partial charge is 0.291 e. The molecule has 1 fully saturated rings. The van der Waals surface area contributed by atoms with Crippen LogP contribution in [0.15, 0.2) is 41.0 Å². The zero-order valence-electron chi connectivity index (χ0n) is 15.6. The number of benzene rings is 1. The summed E-state index contributed by atoms with van der Waals surface area (Å²) in [6.45, 7) is 5.25. The summed E-state index contributed by atoms with van der Waals surface area (Å²) in [5.74, 6) is 0.429. The molecule has 0 bridgehead atoms. The third-order valence-electron chi connectivity index (χ3n) is 4.99. The Morgan fingerprint density at radius 2 is 2.11 bits per heavy atom. The van der Waals surface area contributed by atoms with E-state index in [4.69, 9.17) is 10.2 Å². The quantitative estimate of drug-likeness (QED) is 0.835. The Morgan fingerprint density at radius 3 is 2.78 bits per heavy atom. The summed E-state index contributed by atoms with van der Waals surface area (Å²) in [7, 11) is 0. The van der Waals surface area contributed by atoms with E-state index in [-0.39, 0.29) is 36.0 Å². The maximum absolute atomic E-state index is 13.0. The van der Waals surface area contributed by atoms with Gasteiger partial charge in [0.15, 0.2) is 5.76 Å². The van der Waals surface area contributed by atoms with E-state index >= 15 is 0 Å². The monoisotopic (exact) mass is 391 g/mol. The third-order valence-corrected chi connectivity index (χ3v) is 4.99. The predicted octanol–water partition coefficient (Wildman–Crippen LogP) is 3.46. The number of amides is 2.